The third kappa shape index (κ3) is 3.52. The van der Waals surface area contributed by atoms with Gasteiger partial charge in [0.25, 0.3) is 0 Å². The average Bonchev–Trinajstić information content (AvgIpc) is 2.88. The normalized spacial score (nSPS) is 12.2. The molecule has 2 rings (SSSR count). The highest BCUT2D eigenvalue weighted by Gasteiger charge is 2.20. The second kappa shape index (κ2) is 6.87. The largest absolute Gasteiger partial charge is 0.490 e. The number of aliphatic hydroxyl groups excluding tert-OH is 1. The van der Waals surface area contributed by atoms with E-state index in [9.17, 15) is 5.11 Å². The SMILES string of the molecule is CCOc1cc(Cl)c(C(O)c2ccc(C)o2)cc1OCC. The smallest absolute Gasteiger partial charge is 0.162 e. The highest BCUT2D eigenvalue weighted by molar-refractivity contribution is 6.31. The van der Waals surface area contributed by atoms with E-state index in [-0.39, 0.29) is 0 Å². The number of benzene rings is 1. The van der Waals surface area contributed by atoms with E-state index >= 15 is 0 Å². The van der Waals surface area contributed by atoms with E-state index in [1.54, 1.807) is 24.3 Å². The van der Waals surface area contributed by atoms with Crippen molar-refractivity contribution in [1.29, 1.82) is 0 Å². The first-order valence-corrected chi connectivity index (χ1v) is 7.28. The standard InChI is InChI=1S/C16H19ClO4/c1-4-19-14-8-11(12(17)9-15(14)20-5-2)16(18)13-7-6-10(3)21-13/h6-9,16,18H,4-5H2,1-3H3. The number of hydrogen-bond donors (Lipinski definition) is 1. The lowest BCUT2D eigenvalue weighted by Crippen LogP contribution is -2.03. The average molecular weight is 311 g/mol. The maximum absolute atomic E-state index is 10.4. The quantitative estimate of drug-likeness (QED) is 0.872. The first-order valence-electron chi connectivity index (χ1n) is 6.90. The highest BCUT2D eigenvalue weighted by Crippen LogP contribution is 2.38. The van der Waals surface area contributed by atoms with Crippen molar-refractivity contribution in [2.24, 2.45) is 0 Å². The van der Waals surface area contributed by atoms with Crippen molar-refractivity contribution in [1.82, 2.24) is 0 Å². The first-order chi connectivity index (χ1) is 10.1. The Morgan fingerprint density at radius 1 is 1.14 bits per heavy atom. The van der Waals surface area contributed by atoms with Gasteiger partial charge in [0.05, 0.1) is 18.2 Å². The molecule has 1 aromatic carbocycles. The van der Waals surface area contributed by atoms with Crippen LogP contribution in [0.3, 0.4) is 0 Å². The molecule has 2 aromatic rings. The van der Waals surface area contributed by atoms with Crippen LogP contribution in [0.2, 0.25) is 5.02 Å². The summed E-state index contributed by atoms with van der Waals surface area (Å²) in [5.41, 5.74) is 0.526. The molecule has 0 aliphatic rings. The minimum Gasteiger partial charge on any atom is -0.490 e. The molecule has 4 nitrogen and oxygen atoms in total. The Balaban J connectivity index is 2.40. The van der Waals surface area contributed by atoms with Crippen molar-refractivity contribution in [2.45, 2.75) is 26.9 Å². The van der Waals surface area contributed by atoms with Crippen molar-refractivity contribution in [3.8, 4) is 11.5 Å². The zero-order valence-corrected chi connectivity index (χ0v) is 13.1. The fourth-order valence-electron chi connectivity index (χ4n) is 2.05. The van der Waals surface area contributed by atoms with Crippen LogP contribution in [0.15, 0.2) is 28.7 Å². The zero-order chi connectivity index (χ0) is 15.4. The van der Waals surface area contributed by atoms with E-state index in [1.165, 1.54) is 0 Å². The Morgan fingerprint density at radius 2 is 1.76 bits per heavy atom. The summed E-state index contributed by atoms with van der Waals surface area (Å²) in [7, 11) is 0. The first kappa shape index (κ1) is 15.7. The Morgan fingerprint density at radius 3 is 2.29 bits per heavy atom. The fourth-order valence-corrected chi connectivity index (χ4v) is 2.31. The molecule has 0 fully saturated rings. The molecular weight excluding hydrogens is 292 g/mol. The van der Waals surface area contributed by atoms with Crippen LogP contribution < -0.4 is 9.47 Å². The molecule has 1 atom stereocenters. The summed E-state index contributed by atoms with van der Waals surface area (Å²) < 4.78 is 16.5. The van der Waals surface area contributed by atoms with Gasteiger partial charge < -0.3 is 19.0 Å². The summed E-state index contributed by atoms with van der Waals surface area (Å²) in [4.78, 5) is 0. The topological polar surface area (TPSA) is 51.8 Å². The van der Waals surface area contributed by atoms with Crippen LogP contribution in [-0.4, -0.2) is 18.3 Å². The highest BCUT2D eigenvalue weighted by atomic mass is 35.5. The van der Waals surface area contributed by atoms with E-state index < -0.39 is 6.10 Å². The second-order valence-electron chi connectivity index (χ2n) is 4.54. The van der Waals surface area contributed by atoms with Gasteiger partial charge in [-0.15, -0.1) is 0 Å². The number of furan rings is 1. The van der Waals surface area contributed by atoms with Gasteiger partial charge in [-0.1, -0.05) is 11.6 Å². The van der Waals surface area contributed by atoms with Crippen molar-refractivity contribution in [2.75, 3.05) is 13.2 Å². The molecule has 21 heavy (non-hydrogen) atoms. The maximum Gasteiger partial charge on any atom is 0.162 e. The van der Waals surface area contributed by atoms with Crippen LogP contribution in [-0.2, 0) is 0 Å². The van der Waals surface area contributed by atoms with Crippen molar-refractivity contribution < 1.29 is 19.0 Å². The van der Waals surface area contributed by atoms with Gasteiger partial charge in [0, 0.05) is 11.6 Å². The molecule has 114 valence electrons. The third-order valence-electron chi connectivity index (χ3n) is 2.99. The van der Waals surface area contributed by atoms with Gasteiger partial charge in [0.15, 0.2) is 11.5 Å². The summed E-state index contributed by atoms with van der Waals surface area (Å²) in [5.74, 6) is 2.30. The van der Waals surface area contributed by atoms with Gasteiger partial charge in [-0.2, -0.15) is 0 Å². The lowest BCUT2D eigenvalue weighted by molar-refractivity contribution is 0.187. The number of rotatable bonds is 6. The lowest BCUT2D eigenvalue weighted by atomic mass is 10.1. The lowest BCUT2D eigenvalue weighted by Gasteiger charge is -2.16. The number of ether oxygens (including phenoxy) is 2. The number of aliphatic hydroxyl groups is 1. The minimum atomic E-state index is -0.943. The van der Waals surface area contributed by atoms with Crippen LogP contribution >= 0.6 is 11.6 Å². The molecule has 0 radical (unpaired) electrons. The van der Waals surface area contributed by atoms with E-state index in [1.807, 2.05) is 20.8 Å². The van der Waals surface area contributed by atoms with Gasteiger partial charge in [0.2, 0.25) is 0 Å². The Kier molecular flexibility index (Phi) is 5.15. The van der Waals surface area contributed by atoms with Crippen LogP contribution in [0, 0.1) is 6.92 Å². The van der Waals surface area contributed by atoms with E-state index in [0.29, 0.717) is 41.1 Å². The van der Waals surface area contributed by atoms with Gasteiger partial charge in [-0.25, -0.2) is 0 Å². The van der Waals surface area contributed by atoms with Gasteiger partial charge >= 0.3 is 0 Å². The van der Waals surface area contributed by atoms with Crippen molar-refractivity contribution >= 4 is 11.6 Å². The maximum atomic E-state index is 10.4. The van der Waals surface area contributed by atoms with Crippen LogP contribution in [0.5, 0.6) is 11.5 Å². The molecular formula is C16H19ClO4. The summed E-state index contributed by atoms with van der Waals surface area (Å²) in [6, 6.07) is 6.88. The number of aryl methyl sites for hydroxylation is 1. The predicted molar refractivity (Wildman–Crippen MR) is 81.3 cm³/mol. The monoisotopic (exact) mass is 310 g/mol. The van der Waals surface area contributed by atoms with Crippen LogP contribution in [0.25, 0.3) is 0 Å². The van der Waals surface area contributed by atoms with Gasteiger partial charge in [-0.3, -0.25) is 0 Å². The van der Waals surface area contributed by atoms with E-state index in [2.05, 4.69) is 0 Å². The number of halogens is 1. The minimum absolute atomic E-state index is 0.406. The zero-order valence-electron chi connectivity index (χ0n) is 12.4. The second-order valence-corrected chi connectivity index (χ2v) is 4.94. The molecule has 0 saturated heterocycles. The molecule has 0 bridgehead atoms. The summed E-state index contributed by atoms with van der Waals surface area (Å²) >= 11 is 6.25. The summed E-state index contributed by atoms with van der Waals surface area (Å²) in [6.45, 7) is 6.60. The van der Waals surface area contributed by atoms with E-state index in [4.69, 9.17) is 25.5 Å². The van der Waals surface area contributed by atoms with Crippen LogP contribution in [0.4, 0.5) is 0 Å². The fraction of sp³-hybridized carbons (Fsp3) is 0.375. The Hall–Kier alpha value is -1.65. The molecule has 1 heterocycles. The number of hydrogen-bond acceptors (Lipinski definition) is 4. The Bertz CT molecular complexity index is 606. The molecule has 0 aliphatic carbocycles. The van der Waals surface area contributed by atoms with Crippen LogP contribution in [0.1, 0.15) is 37.0 Å². The summed E-state index contributed by atoms with van der Waals surface area (Å²) in [5, 5.41) is 10.8. The molecule has 0 spiro atoms. The molecule has 0 amide bonds. The molecule has 5 heteroatoms. The molecule has 0 aliphatic heterocycles. The third-order valence-corrected chi connectivity index (χ3v) is 3.32. The summed E-state index contributed by atoms with van der Waals surface area (Å²) in [6.07, 6.45) is -0.943. The van der Waals surface area contributed by atoms with Gasteiger partial charge in [0.1, 0.15) is 17.6 Å². The molecule has 1 N–H and O–H groups in total. The molecule has 1 aromatic heterocycles. The van der Waals surface area contributed by atoms with Crippen molar-refractivity contribution in [3.05, 3.63) is 46.4 Å². The van der Waals surface area contributed by atoms with Gasteiger partial charge in [-0.05, 0) is 39.0 Å². The molecule has 1 unspecified atom stereocenters. The van der Waals surface area contributed by atoms with E-state index in [0.717, 1.165) is 5.76 Å². The Labute approximate surface area is 129 Å². The predicted octanol–water partition coefficient (Wildman–Crippen LogP) is 4.12. The molecule has 0 saturated carbocycles. The van der Waals surface area contributed by atoms with Crippen molar-refractivity contribution in [3.63, 3.8) is 0 Å².